The van der Waals surface area contributed by atoms with E-state index < -0.39 is 58.8 Å². The Morgan fingerprint density at radius 3 is 2.20 bits per heavy atom. The summed E-state index contributed by atoms with van der Waals surface area (Å²) in [4.78, 5) is 15.0. The fraction of sp³-hybridized carbons (Fsp3) is 0.105. The molecule has 0 saturated carbocycles. The van der Waals surface area contributed by atoms with E-state index in [0.29, 0.717) is 0 Å². The predicted molar refractivity (Wildman–Crippen MR) is 131 cm³/mol. The Bertz CT molecular complexity index is 1640. The number of amides is 1. The Kier molecular flexibility index (Phi) is 16.1. The standard InChI is InChI=1S/C19H17N3O12S3.3Na/c1-9(23)20-14-8-12(36(25,26)27)5-10-6-15(32-33-34-35)18(19(24)17(10)14)22-21-13-4-3-11(31-2)7-16(13)37(28,29)30;;;/h3-8,24,35H,1-2H3,(H,20,23)(H,25,26,27)(H,28,29,30);;;/q;;2*+1/p-2. The number of fused-ring (bicyclic) bond motifs is 1. The smallest absolute Gasteiger partial charge is 0.744 e. The summed E-state index contributed by atoms with van der Waals surface area (Å²) in [6.45, 7) is 1.09. The van der Waals surface area contributed by atoms with E-state index in [4.69, 9.17) is 9.62 Å². The van der Waals surface area contributed by atoms with Crippen molar-refractivity contribution in [1.29, 1.82) is 0 Å². The van der Waals surface area contributed by atoms with Crippen molar-refractivity contribution >= 4 is 96.4 Å². The number of hydrogen-bond donors (Lipinski definition) is 3. The van der Waals surface area contributed by atoms with Crippen molar-refractivity contribution in [3.8, 4) is 17.2 Å². The van der Waals surface area contributed by atoms with Gasteiger partial charge in [-0.15, -0.1) is 14.6 Å². The molecule has 0 bridgehead atoms. The molecule has 0 heterocycles. The van der Waals surface area contributed by atoms with E-state index in [1.807, 2.05) is 0 Å². The second kappa shape index (κ2) is 16.4. The molecule has 1 radical (unpaired) electrons. The van der Waals surface area contributed by atoms with Gasteiger partial charge in [0.25, 0.3) is 0 Å². The molecule has 40 heavy (non-hydrogen) atoms. The Morgan fingerprint density at radius 1 is 1.02 bits per heavy atom. The minimum Gasteiger partial charge on any atom is -0.744 e. The van der Waals surface area contributed by atoms with Gasteiger partial charge in [-0.25, -0.2) is 16.8 Å². The molecule has 0 spiro atoms. The summed E-state index contributed by atoms with van der Waals surface area (Å²) >= 11 is 3.32. The van der Waals surface area contributed by atoms with Crippen molar-refractivity contribution in [2.24, 2.45) is 10.2 Å². The van der Waals surface area contributed by atoms with Crippen LogP contribution < -0.4 is 74.1 Å². The number of thiol groups is 1. The number of rotatable bonds is 9. The maximum absolute atomic E-state index is 11.7. The first-order valence-electron chi connectivity index (χ1n) is 9.54. The van der Waals surface area contributed by atoms with Crippen LogP contribution in [0, 0.1) is 0 Å². The first-order chi connectivity index (χ1) is 17.3. The van der Waals surface area contributed by atoms with E-state index >= 15 is 0 Å². The van der Waals surface area contributed by atoms with Gasteiger partial charge in [0.05, 0.1) is 22.6 Å². The first kappa shape index (κ1) is 39.5. The monoisotopic (exact) mass is 642 g/mol. The number of nitrogens with one attached hydrogen (secondary N) is 1. The normalized spacial score (nSPS) is 11.2. The second-order valence-corrected chi connectivity index (χ2v) is 9.87. The zero-order valence-electron chi connectivity index (χ0n) is 21.6. The number of ether oxygens (including phenoxy) is 1. The minimum atomic E-state index is -5.04. The number of phenolic OH excluding ortho intramolecular Hbond substituents is 1. The Balaban J connectivity index is 0.00000507. The summed E-state index contributed by atoms with van der Waals surface area (Å²) in [6, 6.07) is 6.03. The van der Waals surface area contributed by atoms with Crippen molar-refractivity contribution in [2.45, 2.75) is 16.7 Å². The summed E-state index contributed by atoms with van der Waals surface area (Å²) in [6.07, 6.45) is 0. The van der Waals surface area contributed by atoms with Gasteiger partial charge in [-0.1, -0.05) is 0 Å². The number of azo groups is 1. The molecule has 3 rings (SSSR count). The summed E-state index contributed by atoms with van der Waals surface area (Å²) < 4.78 is 78.9. The molecule has 1 amide bonds. The van der Waals surface area contributed by atoms with Crippen LogP contribution in [0.3, 0.4) is 0 Å². The van der Waals surface area contributed by atoms with E-state index in [-0.39, 0.29) is 111 Å². The van der Waals surface area contributed by atoms with Crippen LogP contribution in [0.1, 0.15) is 6.92 Å². The number of anilines is 1. The van der Waals surface area contributed by atoms with Crippen molar-refractivity contribution in [1.82, 2.24) is 0 Å². The van der Waals surface area contributed by atoms with Crippen LogP contribution in [0.2, 0.25) is 0 Å². The van der Waals surface area contributed by atoms with E-state index in [2.05, 4.69) is 37.8 Å². The van der Waals surface area contributed by atoms with Crippen molar-refractivity contribution in [3.63, 3.8) is 0 Å². The maximum Gasteiger partial charge on any atom is 1.00 e. The molecular weight excluding hydrogens is 627 g/mol. The zero-order valence-corrected chi connectivity index (χ0v) is 30.1. The van der Waals surface area contributed by atoms with Gasteiger partial charge >= 0.3 is 59.1 Å². The number of carbonyl (C=O) groups excluding carboxylic acids is 1. The van der Waals surface area contributed by atoms with E-state index in [1.54, 1.807) is 0 Å². The average Bonchev–Trinajstić information content (AvgIpc) is 2.80. The van der Waals surface area contributed by atoms with E-state index in [0.717, 1.165) is 37.3 Å². The van der Waals surface area contributed by atoms with Crippen LogP contribution >= 0.6 is 12.9 Å². The minimum absolute atomic E-state index is 0. The van der Waals surface area contributed by atoms with Gasteiger partial charge in [-0.2, -0.15) is 0 Å². The third-order valence-corrected chi connectivity index (χ3v) is 6.31. The van der Waals surface area contributed by atoms with Crippen LogP contribution in [-0.4, -0.2) is 73.6 Å². The molecule has 15 nitrogen and oxygen atoms in total. The molecule has 0 aromatic heterocycles. The molecule has 0 aliphatic heterocycles. The van der Waals surface area contributed by atoms with Crippen LogP contribution in [0.5, 0.6) is 17.2 Å². The van der Waals surface area contributed by atoms with Crippen LogP contribution in [0.15, 0.2) is 56.4 Å². The van der Waals surface area contributed by atoms with Crippen LogP contribution in [-0.2, 0) is 34.4 Å². The molecule has 0 saturated heterocycles. The van der Waals surface area contributed by atoms with Crippen molar-refractivity contribution in [3.05, 3.63) is 36.4 Å². The predicted octanol–water partition coefficient (Wildman–Crippen LogP) is -3.55. The van der Waals surface area contributed by atoms with Crippen LogP contribution in [0.4, 0.5) is 17.1 Å². The molecule has 0 aliphatic carbocycles. The summed E-state index contributed by atoms with van der Waals surface area (Å²) in [5.41, 5.74) is -1.28. The Labute approximate surface area is 299 Å². The molecule has 0 fully saturated rings. The van der Waals surface area contributed by atoms with Gasteiger partial charge in [-0.05, 0) is 46.8 Å². The van der Waals surface area contributed by atoms with E-state index in [9.17, 15) is 35.8 Å². The number of carbonyl (C=O) groups is 1. The molecule has 199 valence electrons. The largest absolute Gasteiger partial charge is 1.00 e. The van der Waals surface area contributed by atoms with Gasteiger partial charge in [0.1, 0.15) is 31.7 Å². The number of nitrogens with zero attached hydrogens (tertiary/aromatic N) is 2. The third-order valence-electron chi connectivity index (χ3n) is 4.57. The molecule has 21 heteroatoms. The Morgan fingerprint density at radius 2 is 1.68 bits per heavy atom. The number of hydrogen-bond acceptors (Lipinski definition) is 15. The second-order valence-electron chi connectivity index (χ2n) is 6.99. The molecule has 3 aromatic rings. The van der Waals surface area contributed by atoms with Crippen LogP contribution in [0.25, 0.3) is 10.8 Å². The molecule has 0 atom stereocenters. The first-order valence-corrected chi connectivity index (χ1v) is 12.7. The Hall–Kier alpha value is -0.520. The SMILES string of the molecule is COc1ccc(N=Nc2c(OOOS)cc3cc(S(=O)(=O)[O-])cc(NC(C)=O)c3c2O)c(S(=O)(=O)[O-])c1.[Na+].[Na+].[Na]. The fourth-order valence-corrected chi connectivity index (χ4v) is 4.30. The number of methoxy groups -OCH3 is 1. The average molecular weight is 643 g/mol. The number of aromatic hydroxyl groups is 1. The summed E-state index contributed by atoms with van der Waals surface area (Å²) in [5.74, 6) is -1.91. The van der Waals surface area contributed by atoms with E-state index in [1.165, 1.54) is 13.2 Å². The molecular formula is C19H15N3Na3O12S3. The number of phenols is 1. The fourth-order valence-electron chi connectivity index (χ4n) is 3.11. The maximum atomic E-state index is 11.7. The molecule has 0 unspecified atom stereocenters. The zero-order chi connectivity index (χ0) is 27.5. The third kappa shape index (κ3) is 9.76. The van der Waals surface area contributed by atoms with Gasteiger partial charge in [0.2, 0.25) is 11.7 Å². The summed E-state index contributed by atoms with van der Waals surface area (Å²) in [7, 11) is -8.81. The van der Waals surface area contributed by atoms with Gasteiger partial charge in [0, 0.05) is 54.8 Å². The molecule has 2 N–H and O–H groups in total. The van der Waals surface area contributed by atoms with Gasteiger partial charge in [-0.3, -0.25) is 4.79 Å². The van der Waals surface area contributed by atoms with Crippen molar-refractivity contribution in [2.75, 3.05) is 12.4 Å². The van der Waals surface area contributed by atoms with Crippen molar-refractivity contribution < 1.29 is 114 Å². The summed E-state index contributed by atoms with van der Waals surface area (Å²) in [5, 5.41) is 24.6. The number of benzene rings is 3. The molecule has 3 aromatic carbocycles. The topological polar surface area (TPSA) is 225 Å². The van der Waals surface area contributed by atoms with Gasteiger partial charge in [0.15, 0.2) is 11.4 Å². The quantitative estimate of drug-likeness (QED) is 0.0392. The van der Waals surface area contributed by atoms with Gasteiger partial charge < -0.3 is 29.2 Å². The molecule has 0 aliphatic rings.